The monoisotopic (exact) mass is 212 g/mol. The van der Waals surface area contributed by atoms with Crippen molar-refractivity contribution < 1.29 is 4.74 Å². The summed E-state index contributed by atoms with van der Waals surface area (Å²) in [5, 5.41) is 7.89. The van der Waals surface area contributed by atoms with Gasteiger partial charge >= 0.3 is 0 Å². The maximum Gasteiger partial charge on any atom is 0.284 e. The van der Waals surface area contributed by atoms with Crippen LogP contribution in [0, 0.1) is 5.41 Å². The third-order valence-electron chi connectivity index (χ3n) is 2.85. The van der Waals surface area contributed by atoms with E-state index in [1.165, 1.54) is 32.1 Å². The van der Waals surface area contributed by atoms with Crippen LogP contribution in [-0.2, 0) is 4.74 Å². The molecule has 0 bridgehead atoms. The molecule has 0 spiro atoms. The highest BCUT2D eigenvalue weighted by Gasteiger charge is 2.23. The van der Waals surface area contributed by atoms with Crippen molar-refractivity contribution in [1.29, 1.82) is 5.41 Å². The number of hydrogen-bond acceptors (Lipinski definition) is 2. The Morgan fingerprint density at radius 2 is 1.73 bits per heavy atom. The molecule has 1 saturated carbocycles. The van der Waals surface area contributed by atoms with Crippen LogP contribution in [0.3, 0.4) is 0 Å². The van der Waals surface area contributed by atoms with Crippen molar-refractivity contribution in [3.63, 3.8) is 0 Å². The Morgan fingerprint density at radius 1 is 1.20 bits per heavy atom. The summed E-state index contributed by atoms with van der Waals surface area (Å²) >= 11 is 0. The first-order valence-electron chi connectivity index (χ1n) is 5.90. The Labute approximate surface area is 93.3 Å². The molecule has 15 heavy (non-hydrogen) atoms. The fourth-order valence-corrected chi connectivity index (χ4v) is 2.00. The van der Waals surface area contributed by atoms with Crippen molar-refractivity contribution in [1.82, 2.24) is 4.90 Å². The second kappa shape index (κ2) is 4.86. The SMILES string of the molecule is CN(C(=N)OC(C)(C)C)C1CCCCC1. The fraction of sp³-hybridized carbons (Fsp3) is 0.917. The molecule has 0 amide bonds. The largest absolute Gasteiger partial charge is 0.460 e. The van der Waals surface area contributed by atoms with Gasteiger partial charge < -0.3 is 9.64 Å². The molecule has 1 rings (SSSR count). The molecule has 3 heteroatoms. The molecule has 0 saturated heterocycles. The van der Waals surface area contributed by atoms with E-state index < -0.39 is 0 Å². The fourth-order valence-electron chi connectivity index (χ4n) is 2.00. The van der Waals surface area contributed by atoms with Crippen LogP contribution in [0.25, 0.3) is 0 Å². The van der Waals surface area contributed by atoms with E-state index >= 15 is 0 Å². The van der Waals surface area contributed by atoms with Gasteiger partial charge in [0, 0.05) is 13.1 Å². The average molecular weight is 212 g/mol. The maximum absolute atomic E-state index is 7.89. The topological polar surface area (TPSA) is 36.3 Å². The van der Waals surface area contributed by atoms with Gasteiger partial charge in [0.15, 0.2) is 0 Å². The van der Waals surface area contributed by atoms with Crippen molar-refractivity contribution in [3.8, 4) is 0 Å². The third-order valence-corrected chi connectivity index (χ3v) is 2.85. The molecule has 0 heterocycles. The van der Waals surface area contributed by atoms with E-state index in [4.69, 9.17) is 10.1 Å². The predicted molar refractivity (Wildman–Crippen MR) is 63.2 cm³/mol. The number of rotatable bonds is 1. The first-order valence-corrected chi connectivity index (χ1v) is 5.90. The highest BCUT2D eigenvalue weighted by molar-refractivity contribution is 5.70. The van der Waals surface area contributed by atoms with Crippen LogP contribution in [0.4, 0.5) is 0 Å². The first-order chi connectivity index (χ1) is 6.90. The summed E-state index contributed by atoms with van der Waals surface area (Å²) < 4.78 is 5.56. The van der Waals surface area contributed by atoms with Crippen LogP contribution < -0.4 is 0 Å². The van der Waals surface area contributed by atoms with Crippen molar-refractivity contribution in [2.24, 2.45) is 0 Å². The van der Waals surface area contributed by atoms with Crippen LogP contribution >= 0.6 is 0 Å². The molecule has 1 N–H and O–H groups in total. The lowest BCUT2D eigenvalue weighted by Crippen LogP contribution is -2.42. The van der Waals surface area contributed by atoms with Gasteiger partial charge in [0.2, 0.25) is 0 Å². The minimum absolute atomic E-state index is 0.264. The van der Waals surface area contributed by atoms with Crippen molar-refractivity contribution in [2.75, 3.05) is 7.05 Å². The normalized spacial score (nSPS) is 18.7. The van der Waals surface area contributed by atoms with E-state index in [0.717, 1.165) is 0 Å². The van der Waals surface area contributed by atoms with Gasteiger partial charge in [-0.2, -0.15) is 0 Å². The molecule has 1 aliphatic rings. The summed E-state index contributed by atoms with van der Waals surface area (Å²) in [5.41, 5.74) is -0.264. The standard InChI is InChI=1S/C12H24N2O/c1-12(2,3)15-11(13)14(4)10-8-6-5-7-9-10/h10,13H,5-9H2,1-4H3. The minimum atomic E-state index is -0.264. The lowest BCUT2D eigenvalue weighted by atomic mass is 9.95. The van der Waals surface area contributed by atoms with Crippen LogP contribution in [0.2, 0.25) is 0 Å². The molecular formula is C12H24N2O. The first kappa shape index (κ1) is 12.3. The van der Waals surface area contributed by atoms with E-state index in [-0.39, 0.29) is 5.60 Å². The number of nitrogens with zero attached hydrogens (tertiary/aromatic N) is 1. The maximum atomic E-state index is 7.89. The summed E-state index contributed by atoms with van der Waals surface area (Å²) in [6, 6.07) is 0.822. The Hall–Kier alpha value is -0.730. The van der Waals surface area contributed by atoms with E-state index in [1.54, 1.807) is 0 Å². The molecule has 0 aliphatic heterocycles. The smallest absolute Gasteiger partial charge is 0.284 e. The molecule has 88 valence electrons. The molecular weight excluding hydrogens is 188 g/mol. The van der Waals surface area contributed by atoms with Crippen molar-refractivity contribution in [2.45, 2.75) is 64.5 Å². The molecule has 3 nitrogen and oxygen atoms in total. The van der Waals surface area contributed by atoms with E-state index in [9.17, 15) is 0 Å². The van der Waals surface area contributed by atoms with E-state index in [1.807, 2.05) is 32.7 Å². The quantitative estimate of drug-likeness (QED) is 0.536. The molecule has 0 aromatic heterocycles. The van der Waals surface area contributed by atoms with Gasteiger partial charge in [-0.3, -0.25) is 5.41 Å². The second-order valence-electron chi connectivity index (χ2n) is 5.42. The van der Waals surface area contributed by atoms with Gasteiger partial charge in [0.25, 0.3) is 6.02 Å². The van der Waals surface area contributed by atoms with Gasteiger partial charge in [0.05, 0.1) is 0 Å². The predicted octanol–water partition coefficient (Wildman–Crippen LogP) is 3.00. The number of hydrogen-bond donors (Lipinski definition) is 1. The third kappa shape index (κ3) is 4.10. The Kier molecular flexibility index (Phi) is 4.00. The summed E-state index contributed by atoms with van der Waals surface area (Å²) in [4.78, 5) is 1.99. The van der Waals surface area contributed by atoms with Gasteiger partial charge in [-0.1, -0.05) is 19.3 Å². The van der Waals surface area contributed by atoms with Gasteiger partial charge in [-0.15, -0.1) is 0 Å². The number of ether oxygens (including phenoxy) is 1. The molecule has 0 radical (unpaired) electrons. The molecule has 0 aromatic rings. The molecule has 1 aliphatic carbocycles. The highest BCUT2D eigenvalue weighted by Crippen LogP contribution is 2.22. The summed E-state index contributed by atoms with van der Waals surface area (Å²) in [6.07, 6.45) is 6.33. The lowest BCUT2D eigenvalue weighted by Gasteiger charge is -2.34. The highest BCUT2D eigenvalue weighted by atomic mass is 16.5. The minimum Gasteiger partial charge on any atom is -0.460 e. The summed E-state index contributed by atoms with van der Waals surface area (Å²) in [7, 11) is 1.98. The van der Waals surface area contributed by atoms with Gasteiger partial charge in [-0.05, 0) is 33.6 Å². The summed E-state index contributed by atoms with van der Waals surface area (Å²) in [6.45, 7) is 5.95. The number of nitrogens with one attached hydrogen (secondary N) is 1. The zero-order valence-corrected chi connectivity index (χ0v) is 10.5. The van der Waals surface area contributed by atoms with E-state index in [0.29, 0.717) is 12.1 Å². The lowest BCUT2D eigenvalue weighted by molar-refractivity contribution is 0.0775. The van der Waals surface area contributed by atoms with Crippen molar-refractivity contribution >= 4 is 6.02 Å². The Bertz CT molecular complexity index is 214. The van der Waals surface area contributed by atoms with Crippen LogP contribution in [0.1, 0.15) is 52.9 Å². The molecule has 0 unspecified atom stereocenters. The van der Waals surface area contributed by atoms with Crippen LogP contribution in [0.15, 0.2) is 0 Å². The zero-order valence-electron chi connectivity index (χ0n) is 10.5. The van der Waals surface area contributed by atoms with Crippen LogP contribution in [0.5, 0.6) is 0 Å². The average Bonchev–Trinajstić information content (AvgIpc) is 2.15. The van der Waals surface area contributed by atoms with Gasteiger partial charge in [0.1, 0.15) is 5.60 Å². The molecule has 1 fully saturated rings. The summed E-state index contributed by atoms with van der Waals surface area (Å²) in [5.74, 6) is 0. The van der Waals surface area contributed by atoms with Gasteiger partial charge in [-0.25, -0.2) is 0 Å². The molecule has 0 aromatic carbocycles. The number of amidine groups is 1. The Balaban J connectivity index is 2.44. The Morgan fingerprint density at radius 3 is 2.20 bits per heavy atom. The molecule has 0 atom stereocenters. The van der Waals surface area contributed by atoms with Crippen molar-refractivity contribution in [3.05, 3.63) is 0 Å². The second-order valence-corrected chi connectivity index (χ2v) is 5.42. The zero-order chi connectivity index (χ0) is 11.5. The van der Waals surface area contributed by atoms with Crippen LogP contribution in [-0.4, -0.2) is 29.6 Å². The van der Waals surface area contributed by atoms with E-state index in [2.05, 4.69) is 0 Å².